The first-order chi connectivity index (χ1) is 13.1. The molecule has 1 fully saturated rings. The summed E-state index contributed by atoms with van der Waals surface area (Å²) in [6, 6.07) is 10.1. The van der Waals surface area contributed by atoms with Crippen molar-refractivity contribution in [2.24, 2.45) is 0 Å². The molecule has 6 nitrogen and oxygen atoms in total. The summed E-state index contributed by atoms with van der Waals surface area (Å²) < 4.78 is 27.8. The molecule has 0 amide bonds. The van der Waals surface area contributed by atoms with Gasteiger partial charge in [0.05, 0.1) is 12.8 Å². The Bertz CT molecular complexity index is 962. The van der Waals surface area contributed by atoms with E-state index in [0.29, 0.717) is 13.1 Å². The van der Waals surface area contributed by atoms with E-state index in [9.17, 15) is 13.2 Å². The van der Waals surface area contributed by atoms with Crippen LogP contribution in [0.1, 0.15) is 40.2 Å². The van der Waals surface area contributed by atoms with Gasteiger partial charge in [0.2, 0.25) is 10.0 Å². The number of aryl methyl sites for hydroxylation is 2. The van der Waals surface area contributed by atoms with Gasteiger partial charge in [-0.05, 0) is 58.4 Å². The van der Waals surface area contributed by atoms with Crippen LogP contribution in [-0.4, -0.2) is 55.6 Å². The van der Waals surface area contributed by atoms with E-state index in [4.69, 9.17) is 0 Å². The minimum absolute atomic E-state index is 0.0754. The van der Waals surface area contributed by atoms with Crippen LogP contribution in [0.25, 0.3) is 5.69 Å². The summed E-state index contributed by atoms with van der Waals surface area (Å²) in [5, 5.41) is 0. The Hall–Kier alpha value is -1.96. The quantitative estimate of drug-likeness (QED) is 0.753. The molecule has 0 bridgehead atoms. The fourth-order valence-corrected chi connectivity index (χ4v) is 4.82. The van der Waals surface area contributed by atoms with Crippen molar-refractivity contribution in [3.63, 3.8) is 0 Å². The van der Waals surface area contributed by atoms with E-state index in [1.165, 1.54) is 11.8 Å². The van der Waals surface area contributed by atoms with E-state index < -0.39 is 10.0 Å². The molecule has 28 heavy (non-hydrogen) atoms. The number of likely N-dealkylation sites (tertiary alicyclic amines) is 1. The van der Waals surface area contributed by atoms with Gasteiger partial charge in [-0.1, -0.05) is 17.7 Å². The predicted octanol–water partition coefficient (Wildman–Crippen LogP) is 2.60. The van der Waals surface area contributed by atoms with Crippen molar-refractivity contribution in [3.8, 4) is 5.69 Å². The van der Waals surface area contributed by atoms with Crippen LogP contribution in [0.2, 0.25) is 0 Å². The normalized spacial score (nSPS) is 18.4. The van der Waals surface area contributed by atoms with Gasteiger partial charge in [-0.25, -0.2) is 13.1 Å². The molecule has 2 aromatic rings. The Morgan fingerprint density at radius 1 is 1.18 bits per heavy atom. The first-order valence-electron chi connectivity index (χ1n) is 9.63. The summed E-state index contributed by atoms with van der Waals surface area (Å²) >= 11 is 0. The van der Waals surface area contributed by atoms with E-state index in [1.54, 1.807) is 0 Å². The van der Waals surface area contributed by atoms with Gasteiger partial charge in [0.1, 0.15) is 0 Å². The molecule has 7 heteroatoms. The number of Topliss-reactive ketones (excluding diaryl/α,β-unsaturated/α-hetero) is 1. The van der Waals surface area contributed by atoms with Gasteiger partial charge < -0.3 is 4.57 Å². The molecule has 1 aromatic heterocycles. The number of aromatic nitrogens is 1. The summed E-state index contributed by atoms with van der Waals surface area (Å²) in [5.74, 6) is 0.0754. The number of hydrogen-bond donors (Lipinski definition) is 1. The lowest BCUT2D eigenvalue weighted by atomic mass is 10.1. The van der Waals surface area contributed by atoms with E-state index in [-0.39, 0.29) is 11.8 Å². The van der Waals surface area contributed by atoms with E-state index >= 15 is 0 Å². The van der Waals surface area contributed by atoms with Gasteiger partial charge in [-0.3, -0.25) is 9.69 Å². The third-order valence-corrected chi connectivity index (χ3v) is 6.04. The van der Waals surface area contributed by atoms with Gasteiger partial charge in [0.25, 0.3) is 0 Å². The van der Waals surface area contributed by atoms with Crippen molar-refractivity contribution in [1.29, 1.82) is 0 Å². The summed E-state index contributed by atoms with van der Waals surface area (Å²) in [7, 11) is -3.24. The maximum absolute atomic E-state index is 13.0. The van der Waals surface area contributed by atoms with E-state index in [1.807, 2.05) is 24.8 Å². The molecule has 1 N–H and O–H groups in total. The molecule has 1 unspecified atom stereocenters. The number of nitrogens with one attached hydrogen (secondary N) is 1. The summed E-state index contributed by atoms with van der Waals surface area (Å²) in [4.78, 5) is 15.0. The first kappa shape index (κ1) is 20.8. The average molecular weight is 404 g/mol. The van der Waals surface area contributed by atoms with Crippen molar-refractivity contribution in [2.75, 3.05) is 25.9 Å². The molecule has 0 aliphatic carbocycles. The molecule has 2 heterocycles. The average Bonchev–Trinajstić information content (AvgIpc) is 2.89. The Labute approximate surface area is 167 Å². The van der Waals surface area contributed by atoms with Crippen LogP contribution in [-0.2, 0) is 10.0 Å². The van der Waals surface area contributed by atoms with Crippen LogP contribution in [0, 0.1) is 20.8 Å². The molecule has 1 atom stereocenters. The van der Waals surface area contributed by atoms with E-state index in [2.05, 4.69) is 40.5 Å². The highest BCUT2D eigenvalue weighted by molar-refractivity contribution is 7.88. The maximum atomic E-state index is 13.0. The molecule has 1 aliphatic rings. The van der Waals surface area contributed by atoms with Gasteiger partial charge in [0.15, 0.2) is 5.78 Å². The van der Waals surface area contributed by atoms with Crippen molar-refractivity contribution in [3.05, 3.63) is 52.8 Å². The number of nitrogens with zero attached hydrogens (tertiary/aromatic N) is 2. The molecule has 0 radical (unpaired) electrons. The highest BCUT2D eigenvalue weighted by Gasteiger charge is 2.25. The molecule has 1 saturated heterocycles. The lowest BCUT2D eigenvalue weighted by Gasteiger charge is -2.32. The van der Waals surface area contributed by atoms with Gasteiger partial charge >= 0.3 is 0 Å². The predicted molar refractivity (Wildman–Crippen MR) is 112 cm³/mol. The number of ketones is 1. The molecular weight excluding hydrogens is 374 g/mol. The minimum atomic E-state index is -3.24. The van der Waals surface area contributed by atoms with Crippen molar-refractivity contribution in [2.45, 2.75) is 39.7 Å². The molecule has 3 rings (SSSR count). The molecular formula is C21H29N3O3S. The zero-order valence-electron chi connectivity index (χ0n) is 17.0. The number of piperidine rings is 1. The monoisotopic (exact) mass is 403 g/mol. The number of carbonyl (C=O) groups excluding carboxylic acids is 1. The van der Waals surface area contributed by atoms with Gasteiger partial charge in [-0.15, -0.1) is 0 Å². The number of sulfonamides is 1. The van der Waals surface area contributed by atoms with Crippen molar-refractivity contribution >= 4 is 15.8 Å². The lowest BCUT2D eigenvalue weighted by Crippen LogP contribution is -2.48. The molecule has 152 valence electrons. The molecule has 0 spiro atoms. The first-order valence-corrected chi connectivity index (χ1v) is 11.5. The topological polar surface area (TPSA) is 71.4 Å². The zero-order chi connectivity index (χ0) is 20.5. The minimum Gasteiger partial charge on any atom is -0.318 e. The van der Waals surface area contributed by atoms with Crippen LogP contribution in [0.15, 0.2) is 30.3 Å². The number of carbonyl (C=O) groups is 1. The highest BCUT2D eigenvalue weighted by atomic mass is 32.2. The highest BCUT2D eigenvalue weighted by Crippen LogP contribution is 2.22. The Kier molecular flexibility index (Phi) is 6.07. The van der Waals surface area contributed by atoms with Crippen LogP contribution >= 0.6 is 0 Å². The van der Waals surface area contributed by atoms with Crippen molar-refractivity contribution in [1.82, 2.24) is 14.2 Å². The standard InChI is InChI=1S/C21H29N3O3S/c1-15-7-9-19(10-8-15)24-16(2)12-20(17(24)3)21(25)14-23-11-5-6-18(13-23)22-28(4,26)27/h7-10,12,18,22H,5-6,11,13-14H2,1-4H3. The fourth-order valence-electron chi connectivity index (χ4n) is 4.02. The SMILES string of the molecule is Cc1ccc(-n2c(C)cc(C(=O)CN3CCCC(NS(C)(=O)=O)C3)c2C)cc1. The summed E-state index contributed by atoms with van der Waals surface area (Å²) in [5.41, 5.74) is 4.95. The summed E-state index contributed by atoms with van der Waals surface area (Å²) in [6.45, 7) is 7.72. The Morgan fingerprint density at radius 2 is 1.86 bits per heavy atom. The van der Waals surface area contributed by atoms with Gasteiger partial charge in [-0.2, -0.15) is 0 Å². The zero-order valence-corrected chi connectivity index (χ0v) is 17.8. The second-order valence-electron chi connectivity index (χ2n) is 7.84. The summed E-state index contributed by atoms with van der Waals surface area (Å²) in [6.07, 6.45) is 2.86. The smallest absolute Gasteiger partial charge is 0.208 e. The fraction of sp³-hybridized carbons (Fsp3) is 0.476. The van der Waals surface area contributed by atoms with Crippen LogP contribution in [0.3, 0.4) is 0 Å². The van der Waals surface area contributed by atoms with Crippen LogP contribution in [0.4, 0.5) is 0 Å². The lowest BCUT2D eigenvalue weighted by molar-refractivity contribution is 0.0904. The maximum Gasteiger partial charge on any atom is 0.208 e. The number of benzene rings is 1. The second kappa shape index (κ2) is 8.19. The molecule has 1 aliphatic heterocycles. The second-order valence-corrected chi connectivity index (χ2v) is 9.62. The Balaban J connectivity index is 1.74. The van der Waals surface area contributed by atoms with Crippen LogP contribution < -0.4 is 4.72 Å². The third kappa shape index (κ3) is 4.90. The van der Waals surface area contributed by atoms with E-state index in [0.717, 1.165) is 42.0 Å². The van der Waals surface area contributed by atoms with Gasteiger partial charge in [0, 0.05) is 35.2 Å². The number of rotatable bonds is 6. The Morgan fingerprint density at radius 3 is 2.50 bits per heavy atom. The largest absolute Gasteiger partial charge is 0.318 e. The number of hydrogen-bond acceptors (Lipinski definition) is 4. The molecule has 0 saturated carbocycles. The van der Waals surface area contributed by atoms with Crippen LogP contribution in [0.5, 0.6) is 0 Å². The van der Waals surface area contributed by atoms with Crippen molar-refractivity contribution < 1.29 is 13.2 Å². The third-order valence-electron chi connectivity index (χ3n) is 5.28. The molecule has 1 aromatic carbocycles.